The van der Waals surface area contributed by atoms with Crippen molar-refractivity contribution in [3.63, 3.8) is 0 Å². The SMILES string of the molecule is Cc1ccc(N(C(=O)CCl)C2(C(N)=O)CCCCC2)cc1. The van der Waals surface area contributed by atoms with E-state index in [0.29, 0.717) is 18.5 Å². The Kier molecular flexibility index (Phi) is 4.88. The Hall–Kier alpha value is -1.55. The minimum absolute atomic E-state index is 0.164. The first-order valence-electron chi connectivity index (χ1n) is 7.27. The lowest BCUT2D eigenvalue weighted by Crippen LogP contribution is -2.61. The number of primary amides is 1. The lowest BCUT2D eigenvalue weighted by Gasteiger charge is -2.43. The Morgan fingerprint density at radius 1 is 1.19 bits per heavy atom. The number of benzene rings is 1. The van der Waals surface area contributed by atoms with Crippen molar-refractivity contribution in [3.8, 4) is 0 Å². The molecule has 114 valence electrons. The van der Waals surface area contributed by atoms with E-state index in [2.05, 4.69) is 0 Å². The molecule has 1 saturated carbocycles. The van der Waals surface area contributed by atoms with Crippen molar-refractivity contribution in [2.45, 2.75) is 44.6 Å². The summed E-state index contributed by atoms with van der Waals surface area (Å²) in [5.74, 6) is -0.884. The zero-order chi connectivity index (χ0) is 15.5. The highest BCUT2D eigenvalue weighted by molar-refractivity contribution is 6.30. The molecule has 2 N–H and O–H groups in total. The number of anilines is 1. The molecule has 21 heavy (non-hydrogen) atoms. The second kappa shape index (κ2) is 6.48. The molecule has 1 aliphatic rings. The number of alkyl halides is 1. The molecule has 0 atom stereocenters. The first-order valence-corrected chi connectivity index (χ1v) is 7.80. The third-order valence-electron chi connectivity index (χ3n) is 4.22. The van der Waals surface area contributed by atoms with Gasteiger partial charge in [-0.15, -0.1) is 11.6 Å². The Morgan fingerprint density at radius 3 is 2.24 bits per heavy atom. The summed E-state index contributed by atoms with van der Waals surface area (Å²) in [7, 11) is 0. The molecule has 0 aromatic heterocycles. The van der Waals surface area contributed by atoms with Crippen molar-refractivity contribution in [2.24, 2.45) is 5.73 Å². The highest BCUT2D eigenvalue weighted by atomic mass is 35.5. The quantitative estimate of drug-likeness (QED) is 0.869. The van der Waals surface area contributed by atoms with Crippen LogP contribution >= 0.6 is 11.6 Å². The maximum absolute atomic E-state index is 12.4. The molecule has 0 aliphatic heterocycles. The number of rotatable bonds is 4. The maximum atomic E-state index is 12.4. The van der Waals surface area contributed by atoms with Crippen molar-refractivity contribution in [3.05, 3.63) is 29.8 Å². The van der Waals surface area contributed by atoms with Crippen LogP contribution in [0.25, 0.3) is 0 Å². The summed E-state index contributed by atoms with van der Waals surface area (Å²) in [6, 6.07) is 7.53. The first-order chi connectivity index (χ1) is 10.0. The molecule has 1 aromatic carbocycles. The van der Waals surface area contributed by atoms with E-state index in [4.69, 9.17) is 17.3 Å². The molecule has 0 radical (unpaired) electrons. The summed E-state index contributed by atoms with van der Waals surface area (Å²) in [5, 5.41) is 0. The molecule has 0 spiro atoms. The highest BCUT2D eigenvalue weighted by Crippen LogP contribution is 2.37. The monoisotopic (exact) mass is 308 g/mol. The van der Waals surface area contributed by atoms with Gasteiger partial charge in [0.1, 0.15) is 11.4 Å². The fourth-order valence-electron chi connectivity index (χ4n) is 3.10. The van der Waals surface area contributed by atoms with Crippen molar-refractivity contribution in [1.29, 1.82) is 0 Å². The van der Waals surface area contributed by atoms with Gasteiger partial charge in [0.2, 0.25) is 11.8 Å². The van der Waals surface area contributed by atoms with Gasteiger partial charge in [-0.2, -0.15) is 0 Å². The number of carbonyl (C=O) groups is 2. The van der Waals surface area contributed by atoms with E-state index in [1.807, 2.05) is 31.2 Å². The number of halogens is 1. The number of nitrogens with two attached hydrogens (primary N) is 1. The predicted octanol–water partition coefficient (Wildman–Crippen LogP) is 2.76. The largest absolute Gasteiger partial charge is 0.368 e. The molecular weight excluding hydrogens is 288 g/mol. The summed E-state index contributed by atoms with van der Waals surface area (Å²) < 4.78 is 0. The minimum atomic E-state index is -0.945. The van der Waals surface area contributed by atoms with Gasteiger partial charge in [0, 0.05) is 5.69 Å². The second-order valence-corrected chi connectivity index (χ2v) is 5.92. The number of aryl methyl sites for hydroxylation is 1. The van der Waals surface area contributed by atoms with E-state index in [1.54, 1.807) is 0 Å². The van der Waals surface area contributed by atoms with E-state index in [-0.39, 0.29) is 11.8 Å². The van der Waals surface area contributed by atoms with Gasteiger partial charge in [0.15, 0.2) is 0 Å². The number of hydrogen-bond acceptors (Lipinski definition) is 2. The van der Waals surface area contributed by atoms with Gasteiger partial charge in [-0.25, -0.2) is 0 Å². The van der Waals surface area contributed by atoms with Crippen LogP contribution in [0.2, 0.25) is 0 Å². The van der Waals surface area contributed by atoms with E-state index in [0.717, 1.165) is 24.8 Å². The second-order valence-electron chi connectivity index (χ2n) is 5.65. The summed E-state index contributed by atoms with van der Waals surface area (Å²) in [6.07, 6.45) is 4.03. The van der Waals surface area contributed by atoms with E-state index in [1.165, 1.54) is 4.90 Å². The van der Waals surface area contributed by atoms with Crippen LogP contribution in [0.3, 0.4) is 0 Å². The number of amides is 2. The third-order valence-corrected chi connectivity index (χ3v) is 4.45. The molecular formula is C16H21ClN2O2. The molecule has 2 rings (SSSR count). The van der Waals surface area contributed by atoms with Crippen LogP contribution in [-0.2, 0) is 9.59 Å². The van der Waals surface area contributed by atoms with Crippen LogP contribution in [0.15, 0.2) is 24.3 Å². The van der Waals surface area contributed by atoms with Gasteiger partial charge in [-0.3, -0.25) is 14.5 Å². The van der Waals surface area contributed by atoms with Crippen LogP contribution < -0.4 is 10.6 Å². The van der Waals surface area contributed by atoms with Crippen molar-refractivity contribution in [2.75, 3.05) is 10.8 Å². The topological polar surface area (TPSA) is 63.4 Å². The molecule has 5 heteroatoms. The lowest BCUT2D eigenvalue weighted by atomic mass is 9.79. The third kappa shape index (κ3) is 3.05. The van der Waals surface area contributed by atoms with Gasteiger partial charge >= 0.3 is 0 Å². The van der Waals surface area contributed by atoms with Crippen LogP contribution in [0.1, 0.15) is 37.7 Å². The van der Waals surface area contributed by atoms with Gasteiger partial charge in [-0.1, -0.05) is 37.0 Å². The van der Waals surface area contributed by atoms with E-state index in [9.17, 15) is 9.59 Å². The molecule has 1 fully saturated rings. The molecule has 0 unspecified atom stereocenters. The zero-order valence-corrected chi connectivity index (χ0v) is 13.0. The number of nitrogens with zero attached hydrogens (tertiary/aromatic N) is 1. The summed E-state index contributed by atoms with van der Waals surface area (Å²) in [4.78, 5) is 26.1. The Labute approximate surface area is 130 Å². The Balaban J connectivity index is 2.49. The maximum Gasteiger partial charge on any atom is 0.243 e. The summed E-state index contributed by atoms with van der Waals surface area (Å²) in [5.41, 5.74) is 6.52. The molecule has 1 aliphatic carbocycles. The van der Waals surface area contributed by atoms with Crippen molar-refractivity contribution < 1.29 is 9.59 Å². The molecule has 0 heterocycles. The average Bonchev–Trinajstić information content (AvgIpc) is 2.50. The zero-order valence-electron chi connectivity index (χ0n) is 12.3. The number of hydrogen-bond donors (Lipinski definition) is 1. The Bertz CT molecular complexity index is 522. The standard InChI is InChI=1S/C16H21ClN2O2/c1-12-5-7-13(8-6-12)19(14(20)11-17)16(15(18)21)9-3-2-4-10-16/h5-8H,2-4,9-11H2,1H3,(H2,18,21). The van der Waals surface area contributed by atoms with Gasteiger partial charge in [0.25, 0.3) is 0 Å². The highest BCUT2D eigenvalue weighted by Gasteiger charge is 2.46. The average molecular weight is 309 g/mol. The van der Waals surface area contributed by atoms with E-state index >= 15 is 0 Å². The summed E-state index contributed by atoms with van der Waals surface area (Å²) >= 11 is 5.77. The molecule has 1 aromatic rings. The summed E-state index contributed by atoms with van der Waals surface area (Å²) in [6.45, 7) is 1.97. The van der Waals surface area contributed by atoms with Gasteiger partial charge in [-0.05, 0) is 31.9 Å². The molecule has 0 saturated heterocycles. The first kappa shape index (κ1) is 15.8. The lowest BCUT2D eigenvalue weighted by molar-refractivity contribution is -0.128. The van der Waals surface area contributed by atoms with Crippen LogP contribution in [0.4, 0.5) is 5.69 Å². The molecule has 0 bridgehead atoms. The number of carbonyl (C=O) groups excluding carboxylic acids is 2. The predicted molar refractivity (Wildman–Crippen MR) is 84.4 cm³/mol. The molecule has 4 nitrogen and oxygen atoms in total. The van der Waals surface area contributed by atoms with Crippen LogP contribution in [0.5, 0.6) is 0 Å². The minimum Gasteiger partial charge on any atom is -0.368 e. The fourth-order valence-corrected chi connectivity index (χ4v) is 3.22. The molecule has 2 amide bonds. The van der Waals surface area contributed by atoms with Gasteiger partial charge in [0.05, 0.1) is 0 Å². The van der Waals surface area contributed by atoms with Crippen LogP contribution in [-0.4, -0.2) is 23.2 Å². The van der Waals surface area contributed by atoms with E-state index < -0.39 is 11.4 Å². The Morgan fingerprint density at radius 2 is 1.76 bits per heavy atom. The van der Waals surface area contributed by atoms with Crippen molar-refractivity contribution >= 4 is 29.1 Å². The smallest absolute Gasteiger partial charge is 0.243 e. The van der Waals surface area contributed by atoms with Crippen molar-refractivity contribution in [1.82, 2.24) is 0 Å². The fraction of sp³-hybridized carbons (Fsp3) is 0.500. The normalized spacial score (nSPS) is 17.2. The van der Waals surface area contributed by atoms with Crippen LogP contribution in [0, 0.1) is 6.92 Å². The van der Waals surface area contributed by atoms with Gasteiger partial charge < -0.3 is 5.73 Å².